The minimum atomic E-state index is -4.63. The number of thiazole rings is 1. The zero-order valence-corrected chi connectivity index (χ0v) is 21.3. The van der Waals surface area contributed by atoms with Crippen LogP contribution in [-0.4, -0.2) is 52.8 Å². The van der Waals surface area contributed by atoms with Crippen LogP contribution in [0.4, 0.5) is 18.3 Å². The van der Waals surface area contributed by atoms with E-state index in [0.717, 1.165) is 17.4 Å². The Bertz CT molecular complexity index is 1510. The first-order valence-electron chi connectivity index (χ1n) is 11.1. The summed E-state index contributed by atoms with van der Waals surface area (Å²) in [4.78, 5) is 6.47. The molecule has 0 aliphatic carbocycles. The summed E-state index contributed by atoms with van der Waals surface area (Å²) in [6.45, 7) is 1.04. The van der Waals surface area contributed by atoms with Crippen molar-refractivity contribution >= 4 is 50.4 Å². The van der Waals surface area contributed by atoms with E-state index in [1.54, 1.807) is 18.2 Å². The molecular formula is C24H19Cl2F3N4O3S. The van der Waals surface area contributed by atoms with Gasteiger partial charge >= 0.3 is 6.18 Å². The second kappa shape index (κ2) is 10.2. The van der Waals surface area contributed by atoms with Gasteiger partial charge in [0.05, 0.1) is 35.1 Å². The highest BCUT2D eigenvalue weighted by atomic mass is 35.5. The Morgan fingerprint density at radius 2 is 1.97 bits per heavy atom. The number of ether oxygens (including phenoxy) is 1. The summed E-state index contributed by atoms with van der Waals surface area (Å²) in [7, 11) is 0. The van der Waals surface area contributed by atoms with Crippen LogP contribution >= 0.6 is 34.5 Å². The molecule has 0 bridgehead atoms. The number of halogens is 5. The molecule has 7 nitrogen and oxygen atoms in total. The number of alkyl halides is 3. The Morgan fingerprint density at radius 1 is 1.16 bits per heavy atom. The molecular weight excluding hydrogens is 552 g/mol. The Balaban J connectivity index is 1.66. The van der Waals surface area contributed by atoms with E-state index in [0.29, 0.717) is 51.4 Å². The number of morpholine rings is 1. The number of aromatic hydroxyl groups is 1. The van der Waals surface area contributed by atoms with Crippen LogP contribution in [0.25, 0.3) is 5.57 Å². The number of benzene rings is 2. The van der Waals surface area contributed by atoms with E-state index in [4.69, 9.17) is 27.9 Å². The van der Waals surface area contributed by atoms with Crippen LogP contribution in [0.5, 0.6) is 5.88 Å². The maximum Gasteiger partial charge on any atom is 0.416 e. The van der Waals surface area contributed by atoms with Crippen molar-refractivity contribution in [1.29, 1.82) is 0 Å². The predicted octanol–water partition coefficient (Wildman–Crippen LogP) is 3.69. The molecule has 2 aliphatic heterocycles. The summed E-state index contributed by atoms with van der Waals surface area (Å²) >= 11 is 13.2. The molecule has 2 aromatic carbocycles. The number of aliphatic hydroxyl groups is 1. The maximum atomic E-state index is 13.9. The summed E-state index contributed by atoms with van der Waals surface area (Å²) < 4.78 is 47.2. The van der Waals surface area contributed by atoms with Gasteiger partial charge in [-0.15, -0.1) is 10.2 Å². The molecule has 3 heterocycles. The highest BCUT2D eigenvalue weighted by Gasteiger charge is 2.34. The minimum Gasteiger partial charge on any atom is -0.492 e. The summed E-state index contributed by atoms with van der Waals surface area (Å²) in [6.07, 6.45) is -5.21. The zero-order chi connectivity index (χ0) is 26.3. The van der Waals surface area contributed by atoms with Gasteiger partial charge in [-0.25, -0.2) is 0 Å². The number of aromatic nitrogens is 1. The first-order chi connectivity index (χ1) is 17.6. The molecule has 2 N–H and O–H groups in total. The molecule has 5 rings (SSSR count). The van der Waals surface area contributed by atoms with Crippen LogP contribution in [0.15, 0.2) is 46.6 Å². The summed E-state index contributed by atoms with van der Waals surface area (Å²) in [5, 5.41) is 29.8. The monoisotopic (exact) mass is 570 g/mol. The van der Waals surface area contributed by atoms with Gasteiger partial charge < -0.3 is 19.8 Å². The Labute approximate surface area is 222 Å². The lowest BCUT2D eigenvalue weighted by Gasteiger charge is -2.31. The van der Waals surface area contributed by atoms with Crippen LogP contribution in [-0.2, 0) is 17.3 Å². The maximum absolute atomic E-state index is 13.9. The van der Waals surface area contributed by atoms with Gasteiger partial charge in [0.2, 0.25) is 5.88 Å². The molecule has 194 valence electrons. The van der Waals surface area contributed by atoms with Gasteiger partial charge in [0.25, 0.3) is 0 Å². The number of rotatable bonds is 5. The molecule has 0 radical (unpaired) electrons. The standard InChI is InChI=1S/C24H19Cl2F3N4O3S/c25-14-3-1-13(18(9-14)24(27,28)29)8-16(12-2-4-19-17(7-12)21(26)32-31-19)20-22(35)30-23(37-20)33-5-6-36-15(10-33)11-34/h1-4,7,9,15,34-35H,5-6,8,10-11H2. The van der Waals surface area contributed by atoms with Gasteiger partial charge in [-0.1, -0.05) is 46.7 Å². The van der Waals surface area contributed by atoms with Gasteiger partial charge in [0.1, 0.15) is 0 Å². The van der Waals surface area contributed by atoms with Crippen LogP contribution in [0, 0.1) is 0 Å². The number of aliphatic hydroxyl groups excluding tert-OH is 1. The second-order valence-electron chi connectivity index (χ2n) is 8.45. The first-order valence-corrected chi connectivity index (χ1v) is 12.7. The number of anilines is 1. The molecule has 1 unspecified atom stereocenters. The summed E-state index contributed by atoms with van der Waals surface area (Å²) in [5.74, 6) is -0.311. The van der Waals surface area contributed by atoms with Crippen LogP contribution in [0.1, 0.15) is 21.6 Å². The number of hydrogen-bond acceptors (Lipinski definition) is 8. The smallest absolute Gasteiger partial charge is 0.416 e. The molecule has 1 aromatic heterocycles. The molecule has 13 heteroatoms. The van der Waals surface area contributed by atoms with Gasteiger partial charge in [-0.3, -0.25) is 0 Å². The first kappa shape index (κ1) is 25.9. The molecule has 0 saturated carbocycles. The fourth-order valence-electron chi connectivity index (χ4n) is 4.23. The summed E-state index contributed by atoms with van der Waals surface area (Å²) in [6, 6.07) is 8.67. The lowest BCUT2D eigenvalue weighted by molar-refractivity contribution is -0.138. The topological polar surface area (TPSA) is 90.5 Å². The highest BCUT2D eigenvalue weighted by molar-refractivity contribution is 7.17. The zero-order valence-electron chi connectivity index (χ0n) is 19.0. The van der Waals surface area contributed by atoms with Gasteiger partial charge in [-0.2, -0.15) is 18.2 Å². The second-order valence-corrected chi connectivity index (χ2v) is 10.2. The number of hydrogen-bond donors (Lipinski definition) is 2. The average Bonchev–Trinajstić information content (AvgIpc) is 3.45. The molecule has 37 heavy (non-hydrogen) atoms. The Kier molecular flexibility index (Phi) is 7.16. The van der Waals surface area contributed by atoms with E-state index >= 15 is 0 Å². The van der Waals surface area contributed by atoms with E-state index < -0.39 is 17.8 Å². The van der Waals surface area contributed by atoms with Gasteiger partial charge in [0, 0.05) is 30.1 Å². The van der Waals surface area contributed by atoms with Crippen molar-refractivity contribution in [2.75, 3.05) is 31.2 Å². The quantitative estimate of drug-likeness (QED) is 0.488. The van der Waals surface area contributed by atoms with E-state index in [1.165, 1.54) is 12.1 Å². The van der Waals surface area contributed by atoms with Crippen LogP contribution < -0.4 is 15.5 Å². The van der Waals surface area contributed by atoms with E-state index in [-0.39, 0.29) is 34.7 Å². The average molecular weight is 571 g/mol. The predicted molar refractivity (Wildman–Crippen MR) is 135 cm³/mol. The number of nitrogens with zero attached hydrogens (tertiary/aromatic N) is 4. The van der Waals surface area contributed by atoms with Crippen molar-refractivity contribution in [2.24, 2.45) is 10.2 Å². The molecule has 1 saturated heterocycles. The third-order valence-electron chi connectivity index (χ3n) is 6.04. The lowest BCUT2D eigenvalue weighted by atomic mass is 9.96. The van der Waals surface area contributed by atoms with Gasteiger partial charge in [-0.05, 0) is 40.6 Å². The van der Waals surface area contributed by atoms with Crippen molar-refractivity contribution in [3.8, 4) is 5.88 Å². The molecule has 0 spiro atoms. The van der Waals surface area contributed by atoms with Crippen molar-refractivity contribution in [3.05, 3.63) is 73.6 Å². The van der Waals surface area contributed by atoms with Crippen molar-refractivity contribution < 1.29 is 28.1 Å². The number of fused-ring (bicyclic) bond motifs is 1. The summed E-state index contributed by atoms with van der Waals surface area (Å²) in [5.41, 5.74) is 0.0709. The van der Waals surface area contributed by atoms with Crippen molar-refractivity contribution in [2.45, 2.75) is 18.7 Å². The normalized spacial score (nSPS) is 18.4. The van der Waals surface area contributed by atoms with Crippen LogP contribution in [0.3, 0.4) is 0 Å². The molecule has 3 aromatic rings. The fourth-order valence-corrected chi connectivity index (χ4v) is 5.66. The minimum absolute atomic E-state index is 0.0158. The van der Waals surface area contributed by atoms with Gasteiger partial charge in [0.15, 0.2) is 10.3 Å². The molecule has 1 fully saturated rings. The molecule has 2 aliphatic rings. The van der Waals surface area contributed by atoms with Crippen LogP contribution in [0.2, 0.25) is 5.02 Å². The van der Waals surface area contributed by atoms with Crippen molar-refractivity contribution in [1.82, 2.24) is 4.98 Å². The SMILES string of the molecule is OCC1CN(c2nc(O)c(C(Cc3ccc(Cl)cc3C(F)(F)F)=c3ccc4c(c3)C(Cl)=NN=4)s2)CCO1. The van der Waals surface area contributed by atoms with Crippen molar-refractivity contribution in [3.63, 3.8) is 0 Å². The third kappa shape index (κ3) is 5.32. The molecule has 1 atom stereocenters. The highest BCUT2D eigenvalue weighted by Crippen LogP contribution is 2.40. The Hall–Kier alpha value is -2.70. The van der Waals surface area contributed by atoms with E-state index in [1.807, 2.05) is 4.90 Å². The molecule has 0 amide bonds. The van der Waals surface area contributed by atoms with E-state index in [2.05, 4.69) is 15.2 Å². The lowest BCUT2D eigenvalue weighted by Crippen LogP contribution is -2.44. The Morgan fingerprint density at radius 3 is 2.73 bits per heavy atom. The largest absolute Gasteiger partial charge is 0.492 e. The fraction of sp³-hybridized carbons (Fsp3) is 0.292. The van der Waals surface area contributed by atoms with E-state index in [9.17, 15) is 23.4 Å². The third-order valence-corrected chi connectivity index (χ3v) is 7.72.